The van der Waals surface area contributed by atoms with E-state index in [-0.39, 0.29) is 11.8 Å². The van der Waals surface area contributed by atoms with Crippen molar-refractivity contribution in [2.75, 3.05) is 31.0 Å². The highest BCUT2D eigenvalue weighted by molar-refractivity contribution is 6.32. The Labute approximate surface area is 176 Å². The third kappa shape index (κ3) is 5.99. The van der Waals surface area contributed by atoms with E-state index in [2.05, 4.69) is 5.32 Å². The fraction of sp³-hybridized carbons (Fsp3) is 0.273. The van der Waals surface area contributed by atoms with E-state index in [0.717, 1.165) is 6.42 Å². The Morgan fingerprint density at radius 2 is 1.97 bits per heavy atom. The third-order valence-electron chi connectivity index (χ3n) is 4.13. The molecular formula is C22H25ClN2O4. The SMILES string of the molecule is CCCOc1c(Cl)cc(/C=C/C(=O)Nc2ccccc2N(C)C(C)=O)cc1OC. The van der Waals surface area contributed by atoms with E-state index >= 15 is 0 Å². The van der Waals surface area contributed by atoms with Gasteiger partial charge in [0.1, 0.15) is 0 Å². The first-order chi connectivity index (χ1) is 13.9. The highest BCUT2D eigenvalue weighted by Crippen LogP contribution is 2.37. The van der Waals surface area contributed by atoms with Gasteiger partial charge in [-0.1, -0.05) is 30.7 Å². The van der Waals surface area contributed by atoms with Gasteiger partial charge in [-0.2, -0.15) is 0 Å². The number of benzene rings is 2. The highest BCUT2D eigenvalue weighted by atomic mass is 35.5. The molecule has 6 nitrogen and oxygen atoms in total. The molecule has 1 N–H and O–H groups in total. The van der Waals surface area contributed by atoms with E-state index in [0.29, 0.717) is 40.1 Å². The molecule has 29 heavy (non-hydrogen) atoms. The van der Waals surface area contributed by atoms with Crippen LogP contribution >= 0.6 is 11.6 Å². The second-order valence-corrected chi connectivity index (χ2v) is 6.71. The molecule has 0 atom stereocenters. The average Bonchev–Trinajstić information content (AvgIpc) is 2.70. The number of ether oxygens (including phenoxy) is 2. The summed E-state index contributed by atoms with van der Waals surface area (Å²) in [5, 5.41) is 3.20. The summed E-state index contributed by atoms with van der Waals surface area (Å²) in [6.07, 6.45) is 3.87. The van der Waals surface area contributed by atoms with Crippen molar-refractivity contribution in [3.8, 4) is 11.5 Å². The number of nitrogens with one attached hydrogen (secondary N) is 1. The van der Waals surface area contributed by atoms with E-state index in [4.69, 9.17) is 21.1 Å². The van der Waals surface area contributed by atoms with E-state index in [1.54, 1.807) is 49.5 Å². The molecule has 0 fully saturated rings. The molecule has 0 aromatic heterocycles. The molecule has 2 amide bonds. The topological polar surface area (TPSA) is 67.9 Å². The molecule has 0 saturated heterocycles. The van der Waals surface area contributed by atoms with Crippen molar-refractivity contribution in [2.24, 2.45) is 0 Å². The molecule has 0 aliphatic carbocycles. The van der Waals surface area contributed by atoms with Gasteiger partial charge in [0.25, 0.3) is 0 Å². The van der Waals surface area contributed by atoms with Crippen molar-refractivity contribution in [3.05, 3.63) is 53.1 Å². The van der Waals surface area contributed by atoms with Gasteiger partial charge >= 0.3 is 0 Å². The number of hydrogen-bond donors (Lipinski definition) is 1. The van der Waals surface area contributed by atoms with Gasteiger partial charge in [-0.3, -0.25) is 9.59 Å². The van der Waals surface area contributed by atoms with Crippen LogP contribution < -0.4 is 19.7 Å². The van der Waals surface area contributed by atoms with Gasteiger partial charge in [0, 0.05) is 20.0 Å². The van der Waals surface area contributed by atoms with E-state index in [1.807, 2.05) is 6.92 Å². The number of nitrogens with zero attached hydrogens (tertiary/aromatic N) is 1. The number of halogens is 1. The Bertz CT molecular complexity index is 912. The summed E-state index contributed by atoms with van der Waals surface area (Å²) in [4.78, 5) is 25.5. The van der Waals surface area contributed by atoms with E-state index < -0.39 is 0 Å². The minimum absolute atomic E-state index is 0.130. The maximum atomic E-state index is 12.4. The summed E-state index contributed by atoms with van der Waals surface area (Å²) < 4.78 is 11.0. The number of rotatable bonds is 8. The number of amides is 2. The van der Waals surface area contributed by atoms with Crippen LogP contribution in [0.3, 0.4) is 0 Å². The molecule has 7 heteroatoms. The molecule has 154 valence electrons. The smallest absolute Gasteiger partial charge is 0.248 e. The predicted octanol–water partition coefficient (Wildman–Crippen LogP) is 4.77. The van der Waals surface area contributed by atoms with Gasteiger partial charge in [0.15, 0.2) is 11.5 Å². The zero-order valence-electron chi connectivity index (χ0n) is 17.0. The van der Waals surface area contributed by atoms with Crippen LogP contribution in [0.25, 0.3) is 6.08 Å². The van der Waals surface area contributed by atoms with Crippen LogP contribution in [-0.2, 0) is 9.59 Å². The molecule has 0 radical (unpaired) electrons. The van der Waals surface area contributed by atoms with Crippen LogP contribution in [0.4, 0.5) is 11.4 Å². The van der Waals surface area contributed by atoms with E-state index in [9.17, 15) is 9.59 Å². The first-order valence-electron chi connectivity index (χ1n) is 9.20. The number of carbonyl (C=O) groups is 2. The Balaban J connectivity index is 2.18. The average molecular weight is 417 g/mol. The number of methoxy groups -OCH3 is 1. The summed E-state index contributed by atoms with van der Waals surface area (Å²) in [7, 11) is 3.19. The molecule has 0 saturated carbocycles. The first kappa shape index (κ1) is 22.3. The zero-order chi connectivity index (χ0) is 21.4. The van der Waals surface area contributed by atoms with Crippen molar-refractivity contribution in [1.82, 2.24) is 0 Å². The predicted molar refractivity (Wildman–Crippen MR) is 117 cm³/mol. The molecule has 0 spiro atoms. The summed E-state index contributed by atoms with van der Waals surface area (Å²) in [6.45, 7) is 3.99. The summed E-state index contributed by atoms with van der Waals surface area (Å²) in [5.41, 5.74) is 1.85. The quantitative estimate of drug-likeness (QED) is 0.629. The van der Waals surface area contributed by atoms with Crippen LogP contribution in [0.5, 0.6) is 11.5 Å². The highest BCUT2D eigenvalue weighted by Gasteiger charge is 2.13. The molecule has 0 aliphatic rings. The Morgan fingerprint density at radius 3 is 2.62 bits per heavy atom. The fourth-order valence-electron chi connectivity index (χ4n) is 2.57. The second-order valence-electron chi connectivity index (χ2n) is 6.30. The van der Waals surface area contributed by atoms with Gasteiger partial charge in [0.2, 0.25) is 11.8 Å². The summed E-state index contributed by atoms with van der Waals surface area (Å²) in [6, 6.07) is 10.5. The van der Waals surface area contributed by atoms with Crippen LogP contribution in [0, 0.1) is 0 Å². The maximum absolute atomic E-state index is 12.4. The lowest BCUT2D eigenvalue weighted by atomic mass is 10.1. The van der Waals surface area contributed by atoms with Crippen molar-refractivity contribution >= 4 is 40.9 Å². The molecule has 2 rings (SSSR count). The molecule has 0 bridgehead atoms. The van der Waals surface area contributed by atoms with E-state index in [1.165, 1.54) is 25.0 Å². The van der Waals surface area contributed by atoms with Gasteiger partial charge in [0.05, 0.1) is 30.1 Å². The first-order valence-corrected chi connectivity index (χ1v) is 9.57. The van der Waals surface area contributed by atoms with Crippen LogP contribution in [0.15, 0.2) is 42.5 Å². The van der Waals surface area contributed by atoms with Gasteiger partial charge in [-0.05, 0) is 42.3 Å². The minimum Gasteiger partial charge on any atom is -0.493 e. The lowest BCUT2D eigenvalue weighted by Crippen LogP contribution is -2.24. The normalized spacial score (nSPS) is 10.7. The van der Waals surface area contributed by atoms with Crippen molar-refractivity contribution in [3.63, 3.8) is 0 Å². The molecule has 0 heterocycles. The van der Waals surface area contributed by atoms with Crippen molar-refractivity contribution in [2.45, 2.75) is 20.3 Å². The molecule has 0 unspecified atom stereocenters. The monoisotopic (exact) mass is 416 g/mol. The minimum atomic E-state index is -0.337. The molecule has 2 aromatic rings. The summed E-state index contributed by atoms with van der Waals surface area (Å²) in [5.74, 6) is 0.517. The second kappa shape index (κ2) is 10.5. The lowest BCUT2D eigenvalue weighted by molar-refractivity contribution is -0.116. The van der Waals surface area contributed by atoms with Gasteiger partial charge < -0.3 is 19.7 Å². The molecular weight excluding hydrogens is 392 g/mol. The third-order valence-corrected chi connectivity index (χ3v) is 4.41. The van der Waals surface area contributed by atoms with Crippen LogP contribution in [0.1, 0.15) is 25.8 Å². The van der Waals surface area contributed by atoms with Gasteiger partial charge in [-0.25, -0.2) is 0 Å². The number of carbonyl (C=O) groups excluding carboxylic acids is 2. The number of para-hydroxylation sites is 2. The lowest BCUT2D eigenvalue weighted by Gasteiger charge is -2.18. The Hall–Kier alpha value is -2.99. The standard InChI is InChI=1S/C22H25ClN2O4/c1-5-12-29-22-17(23)13-16(14-20(22)28-4)10-11-21(27)24-18-8-6-7-9-19(18)25(3)15(2)26/h6-11,13-14H,5,12H2,1-4H3,(H,24,27)/b11-10+. The molecule has 2 aromatic carbocycles. The number of hydrogen-bond acceptors (Lipinski definition) is 4. The van der Waals surface area contributed by atoms with Crippen molar-refractivity contribution in [1.29, 1.82) is 0 Å². The maximum Gasteiger partial charge on any atom is 0.248 e. The van der Waals surface area contributed by atoms with Crippen LogP contribution in [0.2, 0.25) is 5.02 Å². The summed E-state index contributed by atoms with van der Waals surface area (Å²) >= 11 is 6.30. The zero-order valence-corrected chi connectivity index (χ0v) is 17.7. The molecule has 0 aliphatic heterocycles. The van der Waals surface area contributed by atoms with Crippen molar-refractivity contribution < 1.29 is 19.1 Å². The van der Waals surface area contributed by atoms with Gasteiger partial charge in [-0.15, -0.1) is 0 Å². The largest absolute Gasteiger partial charge is 0.493 e. The fourth-order valence-corrected chi connectivity index (χ4v) is 2.84. The Kier molecular flexibility index (Phi) is 8.09. The Morgan fingerprint density at radius 1 is 1.24 bits per heavy atom. The number of anilines is 2. The van der Waals surface area contributed by atoms with Crippen LogP contribution in [-0.4, -0.2) is 32.6 Å².